The van der Waals surface area contributed by atoms with Crippen LogP contribution in [0, 0.1) is 56.7 Å². The Kier molecular flexibility index (Phi) is 9.50. The second-order valence-corrected chi connectivity index (χ2v) is 19.4. The fourth-order valence-electron chi connectivity index (χ4n) is 13.9. The van der Waals surface area contributed by atoms with Crippen molar-refractivity contribution < 1.29 is 54.4 Å². The van der Waals surface area contributed by atoms with E-state index in [-0.39, 0.29) is 34.0 Å². The molecule has 5 aliphatic carbocycles. The van der Waals surface area contributed by atoms with Crippen LogP contribution in [0.1, 0.15) is 112 Å². The lowest BCUT2D eigenvalue weighted by atomic mass is 9.32. The molecule has 2 unspecified atom stereocenters. The van der Waals surface area contributed by atoms with Crippen LogP contribution < -0.4 is 0 Å². The lowest BCUT2D eigenvalue weighted by Gasteiger charge is -2.72. The fourth-order valence-corrected chi connectivity index (χ4v) is 13.9. The number of esters is 1. The SMILES string of the molecule is C=C(C)[C@@H]1CC[C@]2(C(=O)OC3(OC4OC[C@H](O)[C@H](O)[C@H]4O)OC[C@H](O)[C@H](O)[C@H]3O)CC[C@]3(C)[C@H](CC[C@@H]4[C@@]5(C)CCCC(C)(C)[C@@H]5CC[C@]43C)[C@@H]12. The molecule has 0 aromatic carbocycles. The number of rotatable bonds is 5. The lowest BCUT2D eigenvalue weighted by molar-refractivity contribution is -0.472. The van der Waals surface area contributed by atoms with Gasteiger partial charge in [-0.25, -0.2) is 0 Å². The number of aliphatic hydroxyl groups is 6. The summed E-state index contributed by atoms with van der Waals surface area (Å²) in [7, 11) is 0. The molecule has 0 radical (unpaired) electrons. The van der Waals surface area contributed by atoms with Gasteiger partial charge < -0.3 is 44.8 Å². The number of hydrogen-bond acceptors (Lipinski definition) is 11. The number of allylic oxidation sites excluding steroid dienone is 1. The summed E-state index contributed by atoms with van der Waals surface area (Å²) in [6, 6.07) is 0. The molecule has 7 aliphatic rings. The second kappa shape index (κ2) is 12.7. The first kappa shape index (κ1) is 38.1. The molecule has 5 saturated carbocycles. The minimum atomic E-state index is -2.66. The summed E-state index contributed by atoms with van der Waals surface area (Å²) in [4.78, 5) is 15.0. The molecule has 290 valence electrons. The average molecular weight is 721 g/mol. The van der Waals surface area contributed by atoms with Gasteiger partial charge in [0.1, 0.15) is 30.5 Å². The minimum absolute atomic E-state index is 0.0235. The zero-order valence-corrected chi connectivity index (χ0v) is 31.6. The Bertz CT molecular complexity index is 1370. The van der Waals surface area contributed by atoms with E-state index in [2.05, 4.69) is 48.1 Å². The fraction of sp³-hybridized carbons (Fsp3) is 0.925. The predicted octanol–water partition coefficient (Wildman–Crippen LogP) is 3.80. The van der Waals surface area contributed by atoms with Gasteiger partial charge in [-0.2, -0.15) is 0 Å². The van der Waals surface area contributed by atoms with Crippen LogP contribution in [-0.4, -0.2) is 98.7 Å². The first-order valence-corrected chi connectivity index (χ1v) is 19.7. The van der Waals surface area contributed by atoms with Crippen LogP contribution in [0.2, 0.25) is 0 Å². The van der Waals surface area contributed by atoms with E-state index in [4.69, 9.17) is 18.9 Å². The van der Waals surface area contributed by atoms with Crippen molar-refractivity contribution in [2.24, 2.45) is 56.7 Å². The van der Waals surface area contributed by atoms with E-state index < -0.39 is 73.5 Å². The maximum atomic E-state index is 15.0. The Balaban J connectivity index is 1.23. The molecule has 11 nitrogen and oxygen atoms in total. The van der Waals surface area contributed by atoms with Gasteiger partial charge in [-0.15, -0.1) is 0 Å². The summed E-state index contributed by atoms with van der Waals surface area (Å²) in [6.07, 6.45) is -0.774. The van der Waals surface area contributed by atoms with Crippen molar-refractivity contribution in [2.75, 3.05) is 13.2 Å². The van der Waals surface area contributed by atoms with E-state index in [0.717, 1.165) is 31.3 Å². The number of fused-ring (bicyclic) bond motifs is 7. The molecule has 2 aliphatic heterocycles. The van der Waals surface area contributed by atoms with Crippen molar-refractivity contribution in [3.05, 3.63) is 12.2 Å². The molecule has 51 heavy (non-hydrogen) atoms. The smallest absolute Gasteiger partial charge is 0.361 e. The molecular weight excluding hydrogens is 656 g/mol. The largest absolute Gasteiger partial charge is 0.405 e. The molecule has 0 aromatic heterocycles. The van der Waals surface area contributed by atoms with Gasteiger partial charge in [-0.3, -0.25) is 9.53 Å². The third kappa shape index (κ3) is 5.40. The van der Waals surface area contributed by atoms with E-state index in [9.17, 15) is 30.6 Å². The van der Waals surface area contributed by atoms with Crippen molar-refractivity contribution in [3.8, 4) is 0 Å². The molecule has 0 bridgehead atoms. The summed E-state index contributed by atoms with van der Waals surface area (Å²) in [5, 5.41) is 63.6. The van der Waals surface area contributed by atoms with Crippen molar-refractivity contribution in [1.82, 2.24) is 0 Å². The molecule has 2 heterocycles. The van der Waals surface area contributed by atoms with Crippen LogP contribution in [0.15, 0.2) is 12.2 Å². The minimum Gasteiger partial charge on any atom is -0.405 e. The molecule has 2 saturated heterocycles. The third-order valence-corrected chi connectivity index (χ3v) is 16.7. The van der Waals surface area contributed by atoms with Gasteiger partial charge in [0.05, 0.1) is 18.6 Å². The summed E-state index contributed by atoms with van der Waals surface area (Å²) in [6.45, 7) is 18.2. The van der Waals surface area contributed by atoms with E-state index in [0.29, 0.717) is 30.1 Å². The van der Waals surface area contributed by atoms with Crippen LogP contribution in [0.3, 0.4) is 0 Å². The molecule has 0 spiro atoms. The standard InChI is InChI=1S/C40H64O11/c1-21(2)22-11-16-39(34(47)51-40(32(46)30(44)25(42)20-49-40)50-33-31(45)29(43)24(41)19-48-33)18-17-37(6)23(28(22)39)9-10-27-36(5)14-8-13-35(3,4)26(36)12-15-38(27,37)7/h22-33,41-46H,1,8-20H2,2-7H3/t22-,23+,24-,25-,26-,27+,28+,29-,30-,31+,32+,33?,36-,37+,38+,39-,40?/m0/s1. The van der Waals surface area contributed by atoms with Gasteiger partial charge in [0.15, 0.2) is 12.4 Å². The van der Waals surface area contributed by atoms with E-state index >= 15 is 4.79 Å². The molecule has 17 atom stereocenters. The highest BCUT2D eigenvalue weighted by molar-refractivity contribution is 5.78. The van der Waals surface area contributed by atoms with Gasteiger partial charge in [0.25, 0.3) is 0 Å². The summed E-state index contributed by atoms with van der Waals surface area (Å²) >= 11 is 0. The van der Waals surface area contributed by atoms with Crippen LogP contribution in [0.25, 0.3) is 0 Å². The first-order chi connectivity index (χ1) is 23.8. The van der Waals surface area contributed by atoms with Crippen LogP contribution in [0.4, 0.5) is 0 Å². The van der Waals surface area contributed by atoms with Crippen molar-refractivity contribution in [2.45, 2.75) is 161 Å². The quantitative estimate of drug-likeness (QED) is 0.139. The van der Waals surface area contributed by atoms with E-state index in [1.165, 1.54) is 32.1 Å². The third-order valence-electron chi connectivity index (χ3n) is 16.7. The molecular formula is C40H64O11. The van der Waals surface area contributed by atoms with Gasteiger partial charge in [0, 0.05) is 0 Å². The highest BCUT2D eigenvalue weighted by Gasteiger charge is 2.72. The van der Waals surface area contributed by atoms with Crippen LogP contribution in [-0.2, 0) is 23.7 Å². The zero-order chi connectivity index (χ0) is 37.1. The molecule has 11 heteroatoms. The van der Waals surface area contributed by atoms with E-state index in [1.807, 2.05) is 0 Å². The zero-order valence-electron chi connectivity index (χ0n) is 31.6. The maximum Gasteiger partial charge on any atom is 0.361 e. The summed E-state index contributed by atoms with van der Waals surface area (Å²) in [5.41, 5.74) is 0.773. The summed E-state index contributed by atoms with van der Waals surface area (Å²) in [5.74, 6) is -1.74. The van der Waals surface area contributed by atoms with Gasteiger partial charge in [-0.05, 0) is 122 Å². The number of aliphatic hydroxyl groups excluding tert-OH is 6. The number of hydrogen-bond donors (Lipinski definition) is 6. The Hall–Kier alpha value is -1.15. The lowest BCUT2D eigenvalue weighted by Crippen LogP contribution is -2.68. The Labute approximate surface area is 303 Å². The van der Waals surface area contributed by atoms with E-state index in [1.54, 1.807) is 0 Å². The normalized spacial score (nSPS) is 55.1. The maximum absolute atomic E-state index is 15.0. The van der Waals surface area contributed by atoms with Crippen molar-refractivity contribution >= 4 is 5.97 Å². The van der Waals surface area contributed by atoms with Gasteiger partial charge >= 0.3 is 11.9 Å². The summed E-state index contributed by atoms with van der Waals surface area (Å²) < 4.78 is 23.3. The van der Waals surface area contributed by atoms with Crippen molar-refractivity contribution in [1.29, 1.82) is 0 Å². The van der Waals surface area contributed by atoms with Gasteiger partial charge in [-0.1, -0.05) is 53.2 Å². The topological polar surface area (TPSA) is 175 Å². The van der Waals surface area contributed by atoms with Crippen LogP contribution >= 0.6 is 0 Å². The average Bonchev–Trinajstić information content (AvgIpc) is 3.47. The number of carbonyl (C=O) groups excluding carboxylic acids is 1. The number of ether oxygens (including phenoxy) is 4. The van der Waals surface area contributed by atoms with Gasteiger partial charge in [0.2, 0.25) is 0 Å². The molecule has 7 fully saturated rings. The molecule has 0 aromatic rings. The highest BCUT2D eigenvalue weighted by Crippen LogP contribution is 2.77. The Morgan fingerprint density at radius 1 is 0.745 bits per heavy atom. The molecule has 6 N–H and O–H groups in total. The van der Waals surface area contributed by atoms with Crippen LogP contribution in [0.5, 0.6) is 0 Å². The Morgan fingerprint density at radius 2 is 1.45 bits per heavy atom. The second-order valence-electron chi connectivity index (χ2n) is 19.4. The highest BCUT2D eigenvalue weighted by atomic mass is 16.9. The molecule has 0 amide bonds. The van der Waals surface area contributed by atoms with Crippen molar-refractivity contribution in [3.63, 3.8) is 0 Å². The Morgan fingerprint density at radius 3 is 2.16 bits per heavy atom. The number of carbonyl (C=O) groups is 1. The predicted molar refractivity (Wildman–Crippen MR) is 185 cm³/mol. The molecule has 7 rings (SSSR count). The first-order valence-electron chi connectivity index (χ1n) is 19.7. The monoisotopic (exact) mass is 720 g/mol.